The number of ether oxygens (including phenoxy) is 1. The minimum Gasteiger partial charge on any atom is -0.870 e. The third-order valence-electron chi connectivity index (χ3n) is 21.1. The van der Waals surface area contributed by atoms with Crippen molar-refractivity contribution >= 4 is 23.5 Å². The van der Waals surface area contributed by atoms with E-state index in [2.05, 4.69) is 48.1 Å². The molecule has 8 saturated carbocycles. The van der Waals surface area contributed by atoms with Gasteiger partial charge in [-0.3, -0.25) is 9.59 Å². The van der Waals surface area contributed by atoms with Gasteiger partial charge in [-0.2, -0.15) is 19.8 Å². The number of esters is 1. The molecule has 388 valence electrons. The van der Waals surface area contributed by atoms with Crippen LogP contribution in [-0.4, -0.2) is 92.1 Å². The van der Waals surface area contributed by atoms with Crippen LogP contribution >= 0.6 is 0 Å². The van der Waals surface area contributed by atoms with Gasteiger partial charge in [0.2, 0.25) is 0 Å². The van der Waals surface area contributed by atoms with E-state index in [0.29, 0.717) is 58.2 Å². The fraction of sp³-hybridized carbons (Fsp3) is 0.852. The molecule has 2 aromatic heterocycles. The van der Waals surface area contributed by atoms with Crippen LogP contribution in [-0.2, 0) is 27.4 Å². The molecule has 0 saturated heterocycles. The Morgan fingerprint density at radius 1 is 0.586 bits per heavy atom. The van der Waals surface area contributed by atoms with Gasteiger partial charge in [0, 0.05) is 11.8 Å². The second-order valence-electron chi connectivity index (χ2n) is 24.5. The fourth-order valence-corrected chi connectivity index (χ4v) is 17.6. The number of nitrogens with zero attached hydrogens (tertiary/aromatic N) is 6. The molecule has 0 bridgehead atoms. The molecule has 8 aliphatic rings. The van der Waals surface area contributed by atoms with E-state index in [0.717, 1.165) is 77.0 Å². The number of ketones is 2. The van der Waals surface area contributed by atoms with Crippen molar-refractivity contribution in [3.8, 4) is 0 Å². The largest absolute Gasteiger partial charge is 1.00 e. The molecule has 2 aromatic rings. The zero-order valence-corrected chi connectivity index (χ0v) is 42.3. The van der Waals surface area contributed by atoms with Gasteiger partial charge >= 0.3 is 30.8 Å². The van der Waals surface area contributed by atoms with E-state index in [1.165, 1.54) is 60.5 Å². The number of carboxylic acids is 1. The standard InChI is InChI=1S/C27H41N3O4.C25H37N3O4.2CH4.Li.H2O/c1-5-34-24(32)22-15-28-30(29-22)16-23(31)21-9-8-19-18-7-6-17-14-25(2,33)12-13-26(17,3)20(18)10-11-27(19,21)4;1-23(32)10-11-24(2)15(12-23)4-5-16-17-6-7-19(25(17,3)9-8-18(16)24)21(29)14-28-26-13-20(27-28)22(30)31;;;;/h15,17-21,33H,5-14,16H2,1-4H3;13,15-19,32H,4-12,14H2,1-3H3,(H,30,31);2*1H4;;1H2/q;;;;+1;/p-1/t17-,18+,19+,20+,21-,25-,26+,27+;15-,16+,17+,18+,19-,23-,24+,25+;;;;/m11..../s1. The summed E-state index contributed by atoms with van der Waals surface area (Å²) < 4.78 is 4.99. The van der Waals surface area contributed by atoms with Gasteiger partial charge in [0.1, 0.15) is 13.1 Å². The molecule has 0 spiro atoms. The quantitative estimate of drug-likeness (QED) is 0.181. The summed E-state index contributed by atoms with van der Waals surface area (Å²) in [6.45, 7) is 16.0. The number of aromatic nitrogens is 6. The number of hydrogen-bond acceptors (Lipinski definition) is 12. The molecule has 8 fully saturated rings. The molecule has 10 rings (SSSR count). The third kappa shape index (κ3) is 10.2. The van der Waals surface area contributed by atoms with Gasteiger partial charge in [0.15, 0.2) is 23.0 Å². The van der Waals surface area contributed by atoms with E-state index in [1.54, 1.807) is 6.92 Å². The summed E-state index contributed by atoms with van der Waals surface area (Å²) in [6, 6.07) is 0. The van der Waals surface area contributed by atoms with Gasteiger partial charge in [0.25, 0.3) is 0 Å². The van der Waals surface area contributed by atoms with Crippen LogP contribution in [0.3, 0.4) is 0 Å². The van der Waals surface area contributed by atoms with Crippen LogP contribution in [0.25, 0.3) is 0 Å². The van der Waals surface area contributed by atoms with Gasteiger partial charge in [-0.15, -0.1) is 10.2 Å². The molecular formula is C54H87LiN6O9. The summed E-state index contributed by atoms with van der Waals surface area (Å²) >= 11 is 0. The average molecular weight is 971 g/mol. The Hall–Kier alpha value is -2.96. The molecule has 15 nitrogen and oxygen atoms in total. The Morgan fingerprint density at radius 3 is 1.39 bits per heavy atom. The van der Waals surface area contributed by atoms with E-state index < -0.39 is 23.1 Å². The predicted molar refractivity (Wildman–Crippen MR) is 260 cm³/mol. The summed E-state index contributed by atoms with van der Waals surface area (Å²) in [5.74, 6) is 3.97. The second-order valence-corrected chi connectivity index (χ2v) is 24.5. The summed E-state index contributed by atoms with van der Waals surface area (Å²) in [5, 5.41) is 46.7. The number of fused-ring (bicyclic) bond motifs is 10. The third-order valence-corrected chi connectivity index (χ3v) is 21.1. The van der Waals surface area contributed by atoms with Crippen LogP contribution in [0.15, 0.2) is 12.4 Å². The Kier molecular flexibility index (Phi) is 17.5. The minimum atomic E-state index is -1.12. The first kappa shape index (κ1) is 57.9. The van der Waals surface area contributed by atoms with E-state index in [9.17, 15) is 29.4 Å². The molecule has 16 atom stereocenters. The Labute approximate surface area is 429 Å². The molecule has 16 heteroatoms. The summed E-state index contributed by atoms with van der Waals surface area (Å²) in [4.78, 5) is 52.3. The van der Waals surface area contributed by atoms with Crippen molar-refractivity contribution in [3.63, 3.8) is 0 Å². The van der Waals surface area contributed by atoms with Crippen molar-refractivity contribution in [1.29, 1.82) is 0 Å². The first-order valence-electron chi connectivity index (χ1n) is 25.8. The molecule has 0 aromatic carbocycles. The van der Waals surface area contributed by atoms with Crippen molar-refractivity contribution < 1.29 is 63.6 Å². The minimum absolute atomic E-state index is 0. The fourth-order valence-electron chi connectivity index (χ4n) is 17.6. The molecule has 4 N–H and O–H groups in total. The maximum atomic E-state index is 13.5. The summed E-state index contributed by atoms with van der Waals surface area (Å²) in [6.07, 6.45) is 22.1. The smallest absolute Gasteiger partial charge is 0.870 e. The number of aromatic carboxylic acids is 1. The topological polar surface area (TPSA) is 230 Å². The van der Waals surface area contributed by atoms with Crippen molar-refractivity contribution in [1.82, 2.24) is 30.0 Å². The molecule has 2 heterocycles. The Morgan fingerprint density at radius 2 is 0.986 bits per heavy atom. The second kappa shape index (κ2) is 21.1. The van der Waals surface area contributed by atoms with Gasteiger partial charge in [0.05, 0.1) is 30.2 Å². The van der Waals surface area contributed by atoms with Crippen molar-refractivity contribution in [3.05, 3.63) is 23.8 Å². The number of carboxylic acid groups (broad SMARTS) is 1. The molecule has 8 aliphatic carbocycles. The number of aliphatic hydroxyl groups is 2. The van der Waals surface area contributed by atoms with E-state index in [1.807, 2.05) is 13.8 Å². The maximum absolute atomic E-state index is 13.5. The number of carbonyl (C=O) groups is 4. The van der Waals surface area contributed by atoms with Crippen LogP contribution in [0.5, 0.6) is 0 Å². The van der Waals surface area contributed by atoms with Crippen molar-refractivity contribution in [2.24, 2.45) is 80.8 Å². The number of Topliss-reactive ketones (excluding diaryl/α,β-unsaturated/α-hetero) is 2. The molecule has 0 radical (unpaired) electrons. The number of carbonyl (C=O) groups excluding carboxylic acids is 3. The Balaban J connectivity index is 0.000000247. The zero-order valence-electron chi connectivity index (χ0n) is 42.3. The van der Waals surface area contributed by atoms with Crippen molar-refractivity contribution in [2.45, 2.75) is 203 Å². The van der Waals surface area contributed by atoms with Crippen LogP contribution in [0.2, 0.25) is 0 Å². The van der Waals surface area contributed by atoms with Crippen LogP contribution in [0.4, 0.5) is 0 Å². The van der Waals surface area contributed by atoms with E-state index in [4.69, 9.17) is 9.84 Å². The number of rotatable bonds is 9. The van der Waals surface area contributed by atoms with Gasteiger partial charge in [-0.1, -0.05) is 42.5 Å². The molecular weight excluding hydrogens is 884 g/mol. The first-order chi connectivity index (χ1) is 31.1. The van der Waals surface area contributed by atoms with Gasteiger partial charge < -0.3 is 25.5 Å². The molecule has 0 aliphatic heterocycles. The van der Waals surface area contributed by atoms with Crippen LogP contribution in [0.1, 0.15) is 200 Å². The van der Waals surface area contributed by atoms with Gasteiger partial charge in [-0.25, -0.2) is 9.59 Å². The normalized spacial score (nSPS) is 42.0. The molecule has 0 unspecified atom stereocenters. The average Bonchev–Trinajstić information content (AvgIpc) is 4.07. The monoisotopic (exact) mass is 971 g/mol. The molecule has 0 amide bonds. The summed E-state index contributed by atoms with van der Waals surface area (Å²) in [5.41, 5.74) is -0.265. The van der Waals surface area contributed by atoms with Gasteiger partial charge in [-0.05, 0) is 205 Å². The molecule has 70 heavy (non-hydrogen) atoms. The summed E-state index contributed by atoms with van der Waals surface area (Å²) in [7, 11) is 0. The predicted octanol–water partition coefficient (Wildman–Crippen LogP) is 6.49. The Bertz CT molecular complexity index is 2200. The zero-order chi connectivity index (χ0) is 47.2. The van der Waals surface area contributed by atoms with Crippen LogP contribution in [0, 0.1) is 80.8 Å². The SMILES string of the molecule is C.C.CCOC(=O)c1cnn(CC(=O)[C@H]2CC[C@H]3[C@@H]4CC[C@@H]5C[C@](C)(O)CC[C@]5(C)[C@H]4CC[C@]23C)n1.C[C@@]1(O)CC[C@@]2(C)[C@H](CC[C@@H]3[C@@H]2CC[C@]2(C)[C@@H](C(=O)Cn4ncc(C(=O)O)n4)CC[C@@H]32)C1.[Li+].[OH-]. The van der Waals surface area contributed by atoms with E-state index >= 15 is 0 Å². The van der Waals surface area contributed by atoms with E-state index in [-0.39, 0.29) is 105 Å². The maximum Gasteiger partial charge on any atom is 1.00 e. The first-order valence-corrected chi connectivity index (χ1v) is 25.8. The van der Waals surface area contributed by atoms with Crippen molar-refractivity contribution in [2.75, 3.05) is 6.61 Å². The van der Waals surface area contributed by atoms with Crippen LogP contribution < -0.4 is 18.9 Å². The number of hydrogen-bond donors (Lipinski definition) is 3.